The summed E-state index contributed by atoms with van der Waals surface area (Å²) in [5.74, 6) is -1.12. The van der Waals surface area contributed by atoms with Gasteiger partial charge in [0, 0.05) is 5.56 Å². The Labute approximate surface area is 210 Å². The van der Waals surface area contributed by atoms with Gasteiger partial charge < -0.3 is 29.4 Å². The summed E-state index contributed by atoms with van der Waals surface area (Å²) in [6.45, 7) is -0.0142. The summed E-state index contributed by atoms with van der Waals surface area (Å²) in [6, 6.07) is 20.0. The molecule has 2 aliphatic heterocycles. The third kappa shape index (κ3) is 4.10. The van der Waals surface area contributed by atoms with E-state index in [1.165, 1.54) is 0 Å². The Kier molecular flexibility index (Phi) is 5.65. The first kappa shape index (κ1) is 22.9. The molecular formula is C26H22ClN3O6. The van der Waals surface area contributed by atoms with E-state index in [0.717, 1.165) is 16.7 Å². The molecule has 0 spiro atoms. The number of rotatable bonds is 6. The van der Waals surface area contributed by atoms with Gasteiger partial charge in [-0.1, -0.05) is 66.2 Å². The van der Waals surface area contributed by atoms with E-state index in [1.54, 1.807) is 6.07 Å². The summed E-state index contributed by atoms with van der Waals surface area (Å²) in [5.41, 5.74) is 3.11. The van der Waals surface area contributed by atoms with Crippen molar-refractivity contribution in [1.82, 2.24) is 15.0 Å². The average Bonchev–Trinajstić information content (AvgIpc) is 3.54. The molecular weight excluding hydrogens is 486 g/mol. The summed E-state index contributed by atoms with van der Waals surface area (Å²) in [4.78, 5) is 23.3. The Morgan fingerprint density at radius 3 is 2.56 bits per heavy atom. The van der Waals surface area contributed by atoms with Crippen molar-refractivity contribution in [2.45, 2.75) is 30.3 Å². The number of hydrogen-bond donors (Lipinski definition) is 3. The molecule has 0 unspecified atom stereocenters. The van der Waals surface area contributed by atoms with Crippen LogP contribution in [0, 0.1) is 0 Å². The number of aromatic amines is 1. The van der Waals surface area contributed by atoms with Crippen LogP contribution in [0.3, 0.4) is 0 Å². The standard InChI is InChI=1S/C26H22ClN3O6/c27-17-10-18-24(29-21(17)16-8-6-15(7-9-16)14-4-2-1-3-5-14)30-25(28-18)36-19-12-34-23-22(19)35-13-26(23,33)11-20(31)32/h1-10,19,22-23,33H,11-13H2,(H,31,32)(H,28,29,30)/t19-,22-,23-,26+/m1/s1. The number of ether oxygens (including phenoxy) is 3. The predicted molar refractivity (Wildman–Crippen MR) is 131 cm³/mol. The van der Waals surface area contributed by atoms with Gasteiger partial charge in [0.2, 0.25) is 0 Å². The smallest absolute Gasteiger partial charge is 0.306 e. The van der Waals surface area contributed by atoms with Gasteiger partial charge in [0.25, 0.3) is 6.01 Å². The van der Waals surface area contributed by atoms with E-state index in [0.29, 0.717) is 21.9 Å². The number of carboxylic acid groups (broad SMARTS) is 1. The van der Waals surface area contributed by atoms with Gasteiger partial charge in [-0.15, -0.1) is 0 Å². The lowest BCUT2D eigenvalue weighted by atomic mass is 9.93. The van der Waals surface area contributed by atoms with Crippen molar-refractivity contribution in [3.8, 4) is 28.4 Å². The zero-order valence-corrected chi connectivity index (χ0v) is 19.7. The number of nitrogens with zero attached hydrogens (tertiary/aromatic N) is 2. The van der Waals surface area contributed by atoms with Crippen molar-refractivity contribution >= 4 is 28.7 Å². The largest absolute Gasteiger partial charge is 0.481 e. The molecule has 4 heterocycles. The molecule has 2 fully saturated rings. The molecule has 184 valence electrons. The average molecular weight is 508 g/mol. The number of carboxylic acids is 1. The van der Waals surface area contributed by atoms with E-state index < -0.39 is 36.3 Å². The molecule has 0 bridgehead atoms. The zero-order valence-electron chi connectivity index (χ0n) is 18.9. The van der Waals surface area contributed by atoms with Crippen LogP contribution in [0.15, 0.2) is 60.7 Å². The normalized spacial score (nSPS) is 25.2. The van der Waals surface area contributed by atoms with Crippen LogP contribution in [0.25, 0.3) is 33.5 Å². The van der Waals surface area contributed by atoms with E-state index in [4.69, 9.17) is 30.9 Å². The first-order valence-corrected chi connectivity index (χ1v) is 11.8. The highest BCUT2D eigenvalue weighted by atomic mass is 35.5. The molecule has 0 radical (unpaired) electrons. The fraction of sp³-hybridized carbons (Fsp3) is 0.269. The van der Waals surface area contributed by atoms with Crippen LogP contribution in [0.4, 0.5) is 0 Å². The second-order valence-corrected chi connectivity index (χ2v) is 9.44. The zero-order chi connectivity index (χ0) is 24.9. The van der Waals surface area contributed by atoms with E-state index in [1.807, 2.05) is 42.5 Å². The third-order valence-electron chi connectivity index (χ3n) is 6.55. The highest BCUT2D eigenvalue weighted by Gasteiger charge is 2.57. The molecule has 4 aromatic rings. The Morgan fingerprint density at radius 2 is 1.81 bits per heavy atom. The van der Waals surface area contributed by atoms with Crippen LogP contribution >= 0.6 is 11.6 Å². The molecule has 2 aromatic heterocycles. The quantitative estimate of drug-likeness (QED) is 0.360. The number of pyridine rings is 1. The highest BCUT2D eigenvalue weighted by molar-refractivity contribution is 6.33. The number of H-pyrrole nitrogens is 1. The summed E-state index contributed by atoms with van der Waals surface area (Å²) in [7, 11) is 0. The topological polar surface area (TPSA) is 127 Å². The molecule has 10 heteroatoms. The lowest BCUT2D eigenvalue weighted by Crippen LogP contribution is -2.45. The van der Waals surface area contributed by atoms with E-state index in [2.05, 4.69) is 27.1 Å². The number of carbonyl (C=O) groups is 1. The van der Waals surface area contributed by atoms with Crippen molar-refractivity contribution in [3.05, 3.63) is 65.7 Å². The van der Waals surface area contributed by atoms with Crippen molar-refractivity contribution in [2.75, 3.05) is 13.2 Å². The molecule has 0 amide bonds. The van der Waals surface area contributed by atoms with Gasteiger partial charge in [0.05, 0.1) is 35.9 Å². The van der Waals surface area contributed by atoms with Gasteiger partial charge in [-0.25, -0.2) is 4.98 Å². The van der Waals surface area contributed by atoms with Crippen LogP contribution in [0.1, 0.15) is 6.42 Å². The number of aliphatic carboxylic acids is 1. The molecule has 2 aliphatic rings. The molecule has 9 nitrogen and oxygen atoms in total. The minimum Gasteiger partial charge on any atom is -0.481 e. The SMILES string of the molecule is O=C(O)C[C@]1(O)CO[C@H]2[C@H]1OC[C@H]2Oc1nc2nc(-c3ccc(-c4ccccc4)cc3)c(Cl)cc2[nH]1. The van der Waals surface area contributed by atoms with Gasteiger partial charge in [0.1, 0.15) is 17.8 Å². The number of halogens is 1. The number of hydrogen-bond acceptors (Lipinski definition) is 7. The van der Waals surface area contributed by atoms with E-state index in [9.17, 15) is 9.90 Å². The Balaban J connectivity index is 1.22. The number of fused-ring (bicyclic) bond motifs is 2. The minimum absolute atomic E-state index is 0.126. The first-order valence-electron chi connectivity index (χ1n) is 11.5. The summed E-state index contributed by atoms with van der Waals surface area (Å²) in [6.07, 6.45) is -2.44. The molecule has 0 aliphatic carbocycles. The first-order chi connectivity index (χ1) is 17.4. The Morgan fingerprint density at radius 1 is 1.08 bits per heavy atom. The second-order valence-electron chi connectivity index (χ2n) is 9.04. The van der Waals surface area contributed by atoms with Crippen molar-refractivity contribution < 1.29 is 29.2 Å². The number of benzene rings is 2. The predicted octanol–water partition coefficient (Wildman–Crippen LogP) is 3.70. The number of aromatic nitrogens is 3. The van der Waals surface area contributed by atoms with Crippen LogP contribution < -0.4 is 4.74 Å². The molecule has 2 aromatic carbocycles. The van der Waals surface area contributed by atoms with Crippen LogP contribution in [0.2, 0.25) is 5.02 Å². The van der Waals surface area contributed by atoms with Gasteiger partial charge in [-0.2, -0.15) is 4.98 Å². The Hall–Kier alpha value is -3.50. The maximum Gasteiger partial charge on any atom is 0.306 e. The van der Waals surface area contributed by atoms with Gasteiger partial charge >= 0.3 is 5.97 Å². The summed E-state index contributed by atoms with van der Waals surface area (Å²) >= 11 is 6.55. The maximum atomic E-state index is 11.1. The molecule has 6 rings (SSSR count). The number of imidazole rings is 1. The van der Waals surface area contributed by atoms with Gasteiger partial charge in [-0.05, 0) is 17.2 Å². The maximum absolute atomic E-state index is 11.1. The van der Waals surface area contributed by atoms with Gasteiger partial charge in [-0.3, -0.25) is 4.79 Å². The lowest BCUT2D eigenvalue weighted by Gasteiger charge is -2.24. The van der Waals surface area contributed by atoms with Crippen LogP contribution in [-0.2, 0) is 14.3 Å². The van der Waals surface area contributed by atoms with Gasteiger partial charge in [0.15, 0.2) is 11.8 Å². The van der Waals surface area contributed by atoms with Crippen molar-refractivity contribution in [3.63, 3.8) is 0 Å². The van der Waals surface area contributed by atoms with Crippen LogP contribution in [-0.4, -0.2) is 68.3 Å². The summed E-state index contributed by atoms with van der Waals surface area (Å²) in [5, 5.41) is 20.2. The lowest BCUT2D eigenvalue weighted by molar-refractivity contribution is -0.147. The molecule has 2 saturated heterocycles. The minimum atomic E-state index is -1.59. The number of aliphatic hydroxyl groups is 1. The monoisotopic (exact) mass is 507 g/mol. The summed E-state index contributed by atoms with van der Waals surface area (Å²) < 4.78 is 17.3. The molecule has 0 saturated carbocycles. The van der Waals surface area contributed by atoms with Crippen molar-refractivity contribution in [1.29, 1.82) is 0 Å². The molecule has 3 N–H and O–H groups in total. The van der Waals surface area contributed by atoms with E-state index in [-0.39, 0.29) is 19.2 Å². The van der Waals surface area contributed by atoms with Crippen molar-refractivity contribution in [2.24, 2.45) is 0 Å². The van der Waals surface area contributed by atoms with Crippen LogP contribution in [0.5, 0.6) is 6.01 Å². The number of nitrogens with one attached hydrogen (secondary N) is 1. The second kappa shape index (κ2) is 8.86. The fourth-order valence-electron chi connectivity index (χ4n) is 4.82. The molecule has 36 heavy (non-hydrogen) atoms. The highest BCUT2D eigenvalue weighted by Crippen LogP contribution is 2.38. The Bertz CT molecular complexity index is 1430. The third-order valence-corrected chi connectivity index (χ3v) is 6.84. The van der Waals surface area contributed by atoms with E-state index >= 15 is 0 Å². The molecule has 4 atom stereocenters. The fourth-order valence-corrected chi connectivity index (χ4v) is 5.08.